The Kier molecular flexibility index (Phi) is 6.73. The minimum Gasteiger partial charge on any atom is -0.339 e. The van der Waals surface area contributed by atoms with Gasteiger partial charge in [0.25, 0.3) is 0 Å². The summed E-state index contributed by atoms with van der Waals surface area (Å²) in [5.41, 5.74) is 1.12. The van der Waals surface area contributed by atoms with Gasteiger partial charge < -0.3 is 9.42 Å². The molecule has 0 unspecified atom stereocenters. The van der Waals surface area contributed by atoms with E-state index in [2.05, 4.69) is 16.7 Å². The smallest absolute Gasteiger partial charge is 0.226 e. The summed E-state index contributed by atoms with van der Waals surface area (Å²) >= 11 is 0. The molecule has 24 heavy (non-hydrogen) atoms. The molecular weight excluding hydrogens is 302 g/mol. The Morgan fingerprint density at radius 1 is 1.33 bits per heavy atom. The molecule has 0 bridgehead atoms. The topological polar surface area (TPSA) is 59.2 Å². The van der Waals surface area contributed by atoms with Crippen LogP contribution >= 0.6 is 0 Å². The zero-order chi connectivity index (χ0) is 17.4. The van der Waals surface area contributed by atoms with Gasteiger partial charge in [0.05, 0.1) is 0 Å². The summed E-state index contributed by atoms with van der Waals surface area (Å²) in [7, 11) is 0. The molecule has 5 heteroatoms. The fourth-order valence-electron chi connectivity index (χ4n) is 2.37. The molecule has 0 aliphatic heterocycles. The summed E-state index contributed by atoms with van der Waals surface area (Å²) in [6.07, 6.45) is 3.54. The van der Waals surface area contributed by atoms with Gasteiger partial charge in [0.1, 0.15) is 0 Å². The number of aromatic nitrogens is 2. The Morgan fingerprint density at radius 2 is 2.08 bits per heavy atom. The fraction of sp³-hybridized carbons (Fsp3) is 0.421. The van der Waals surface area contributed by atoms with E-state index in [0.717, 1.165) is 5.56 Å². The lowest BCUT2D eigenvalue weighted by molar-refractivity contribution is -0.131. The van der Waals surface area contributed by atoms with Crippen molar-refractivity contribution in [3.8, 4) is 0 Å². The number of carbonyl (C=O) groups excluding carboxylic acids is 1. The van der Waals surface area contributed by atoms with Gasteiger partial charge in [0, 0.05) is 31.8 Å². The molecule has 1 heterocycles. The normalized spacial score (nSPS) is 10.8. The van der Waals surface area contributed by atoms with Crippen molar-refractivity contribution in [1.29, 1.82) is 0 Å². The van der Waals surface area contributed by atoms with Crippen molar-refractivity contribution in [3.05, 3.63) is 60.3 Å². The standard InChI is InChI=1S/C19H25N3O2/c1-4-13-22(14-16-9-6-5-7-10-16)18(23)12-8-11-17-20-19(15(2)3)21-24-17/h4-7,9-10,15H,1,8,11-14H2,2-3H3. The molecule has 1 amide bonds. The maximum Gasteiger partial charge on any atom is 0.226 e. The predicted molar refractivity (Wildman–Crippen MR) is 93.4 cm³/mol. The van der Waals surface area contributed by atoms with E-state index in [0.29, 0.717) is 44.1 Å². The lowest BCUT2D eigenvalue weighted by atomic mass is 10.1. The van der Waals surface area contributed by atoms with Crippen molar-refractivity contribution in [2.24, 2.45) is 0 Å². The highest BCUT2D eigenvalue weighted by molar-refractivity contribution is 5.76. The first-order valence-electron chi connectivity index (χ1n) is 8.35. The first-order valence-corrected chi connectivity index (χ1v) is 8.35. The molecular formula is C19H25N3O2. The zero-order valence-corrected chi connectivity index (χ0v) is 14.4. The number of aryl methyl sites for hydroxylation is 1. The lowest BCUT2D eigenvalue weighted by Crippen LogP contribution is -2.30. The molecule has 1 aromatic carbocycles. The van der Waals surface area contributed by atoms with Crippen LogP contribution in [-0.2, 0) is 17.8 Å². The number of rotatable bonds is 9. The Morgan fingerprint density at radius 3 is 2.71 bits per heavy atom. The SMILES string of the molecule is C=CCN(Cc1ccccc1)C(=O)CCCc1nc(C(C)C)no1. The van der Waals surface area contributed by atoms with Crippen LogP contribution in [0, 0.1) is 0 Å². The second-order valence-corrected chi connectivity index (χ2v) is 6.10. The molecule has 0 saturated carbocycles. The summed E-state index contributed by atoms with van der Waals surface area (Å²) in [5.74, 6) is 1.68. The van der Waals surface area contributed by atoms with Gasteiger partial charge in [0.15, 0.2) is 5.82 Å². The highest BCUT2D eigenvalue weighted by Crippen LogP contribution is 2.12. The van der Waals surface area contributed by atoms with Crippen molar-refractivity contribution < 1.29 is 9.32 Å². The van der Waals surface area contributed by atoms with Crippen LogP contribution in [0.1, 0.15) is 49.9 Å². The number of hydrogen-bond donors (Lipinski definition) is 0. The van der Waals surface area contributed by atoms with E-state index in [1.165, 1.54) is 0 Å². The van der Waals surface area contributed by atoms with Crippen LogP contribution in [-0.4, -0.2) is 27.5 Å². The van der Waals surface area contributed by atoms with E-state index >= 15 is 0 Å². The molecule has 0 fully saturated rings. The molecule has 128 valence electrons. The van der Waals surface area contributed by atoms with Crippen LogP contribution in [0.2, 0.25) is 0 Å². The second kappa shape index (κ2) is 9.01. The molecule has 0 spiro atoms. The van der Waals surface area contributed by atoms with E-state index in [-0.39, 0.29) is 11.8 Å². The van der Waals surface area contributed by atoms with Gasteiger partial charge in [-0.3, -0.25) is 4.79 Å². The van der Waals surface area contributed by atoms with E-state index in [1.54, 1.807) is 6.08 Å². The summed E-state index contributed by atoms with van der Waals surface area (Å²) in [6.45, 7) is 8.94. The maximum absolute atomic E-state index is 12.5. The van der Waals surface area contributed by atoms with Gasteiger partial charge in [-0.25, -0.2) is 0 Å². The minimum atomic E-state index is 0.113. The van der Waals surface area contributed by atoms with Gasteiger partial charge in [0.2, 0.25) is 11.8 Å². The van der Waals surface area contributed by atoms with Crippen molar-refractivity contribution in [3.63, 3.8) is 0 Å². The quantitative estimate of drug-likeness (QED) is 0.658. The fourth-order valence-corrected chi connectivity index (χ4v) is 2.37. The number of benzene rings is 1. The van der Waals surface area contributed by atoms with Crippen molar-refractivity contribution in [2.45, 2.75) is 45.6 Å². The molecule has 2 rings (SSSR count). The van der Waals surface area contributed by atoms with Gasteiger partial charge in [-0.05, 0) is 12.0 Å². The van der Waals surface area contributed by atoms with E-state index in [1.807, 2.05) is 49.1 Å². The molecule has 0 atom stereocenters. The third-order valence-corrected chi connectivity index (χ3v) is 3.70. The van der Waals surface area contributed by atoms with Gasteiger partial charge in [-0.15, -0.1) is 6.58 Å². The molecule has 2 aromatic rings. The Bertz CT molecular complexity index is 650. The van der Waals surface area contributed by atoms with Gasteiger partial charge in [-0.1, -0.05) is 55.4 Å². The molecule has 0 N–H and O–H groups in total. The van der Waals surface area contributed by atoms with Crippen LogP contribution in [0.3, 0.4) is 0 Å². The highest BCUT2D eigenvalue weighted by atomic mass is 16.5. The Hall–Kier alpha value is -2.43. The Balaban J connectivity index is 1.84. The number of nitrogens with zero attached hydrogens (tertiary/aromatic N) is 3. The van der Waals surface area contributed by atoms with Gasteiger partial charge >= 0.3 is 0 Å². The molecule has 0 aliphatic carbocycles. The number of amides is 1. The predicted octanol–water partition coefficient (Wildman–Crippen LogP) is 3.73. The van der Waals surface area contributed by atoms with Crippen LogP contribution in [0.25, 0.3) is 0 Å². The van der Waals surface area contributed by atoms with E-state index in [4.69, 9.17) is 4.52 Å². The first-order chi connectivity index (χ1) is 11.6. The minimum absolute atomic E-state index is 0.113. The number of carbonyl (C=O) groups is 1. The highest BCUT2D eigenvalue weighted by Gasteiger charge is 2.14. The van der Waals surface area contributed by atoms with Crippen LogP contribution in [0.5, 0.6) is 0 Å². The molecule has 0 saturated heterocycles. The van der Waals surface area contributed by atoms with Crippen molar-refractivity contribution in [1.82, 2.24) is 15.0 Å². The van der Waals surface area contributed by atoms with Crippen molar-refractivity contribution in [2.75, 3.05) is 6.54 Å². The van der Waals surface area contributed by atoms with E-state index < -0.39 is 0 Å². The average Bonchev–Trinajstić information content (AvgIpc) is 3.04. The van der Waals surface area contributed by atoms with Crippen LogP contribution < -0.4 is 0 Å². The third-order valence-electron chi connectivity index (χ3n) is 3.70. The van der Waals surface area contributed by atoms with Gasteiger partial charge in [-0.2, -0.15) is 4.98 Å². The lowest BCUT2D eigenvalue weighted by Gasteiger charge is -2.21. The van der Waals surface area contributed by atoms with Crippen molar-refractivity contribution >= 4 is 5.91 Å². The maximum atomic E-state index is 12.5. The zero-order valence-electron chi connectivity index (χ0n) is 14.4. The largest absolute Gasteiger partial charge is 0.339 e. The second-order valence-electron chi connectivity index (χ2n) is 6.10. The molecule has 0 radical (unpaired) electrons. The van der Waals surface area contributed by atoms with E-state index in [9.17, 15) is 4.79 Å². The monoisotopic (exact) mass is 327 g/mol. The Labute approximate surface area is 143 Å². The molecule has 0 aliphatic rings. The summed E-state index contributed by atoms with van der Waals surface area (Å²) in [6, 6.07) is 9.98. The summed E-state index contributed by atoms with van der Waals surface area (Å²) < 4.78 is 5.21. The first kappa shape index (κ1) is 17.9. The molecule has 1 aromatic heterocycles. The number of hydrogen-bond acceptors (Lipinski definition) is 4. The summed E-state index contributed by atoms with van der Waals surface area (Å²) in [4.78, 5) is 18.6. The third kappa shape index (κ3) is 5.33. The molecule has 5 nitrogen and oxygen atoms in total. The average molecular weight is 327 g/mol. The van der Waals surface area contributed by atoms with Crippen LogP contribution in [0.4, 0.5) is 0 Å². The summed E-state index contributed by atoms with van der Waals surface area (Å²) in [5, 5.41) is 3.94. The van der Waals surface area contributed by atoms with Crippen LogP contribution in [0.15, 0.2) is 47.5 Å².